The number of aliphatic carboxylic acids is 2. The smallest absolute Gasteiger partial charge is 0.307 e. The van der Waals surface area contributed by atoms with E-state index in [1.807, 2.05) is 24.3 Å². The molecule has 0 aliphatic heterocycles. The van der Waals surface area contributed by atoms with E-state index < -0.39 is 24.3 Å². The molecule has 7 heteroatoms. The molecule has 0 bridgehead atoms. The second kappa shape index (κ2) is 6.19. The van der Waals surface area contributed by atoms with Crippen LogP contribution in [0.15, 0.2) is 30.5 Å². The van der Waals surface area contributed by atoms with Crippen molar-refractivity contribution in [3.8, 4) is 5.75 Å². The van der Waals surface area contributed by atoms with Crippen molar-refractivity contribution in [1.29, 1.82) is 0 Å². The quantitative estimate of drug-likeness (QED) is 0.640. The van der Waals surface area contributed by atoms with Gasteiger partial charge in [-0.25, -0.2) is 0 Å². The first kappa shape index (κ1) is 15.8. The van der Waals surface area contributed by atoms with Gasteiger partial charge in [0.15, 0.2) is 0 Å². The summed E-state index contributed by atoms with van der Waals surface area (Å²) in [6, 6.07) is 7.46. The maximum absolute atomic E-state index is 11.3. The molecule has 0 radical (unpaired) electrons. The number of aromatic amines is 1. The summed E-state index contributed by atoms with van der Waals surface area (Å²) in [6.45, 7) is 0. The molecule has 0 spiro atoms. The Kier molecular flexibility index (Phi) is 4.07. The Bertz CT molecular complexity index is 931. The number of hydrogen-bond donors (Lipinski definition) is 3. The van der Waals surface area contributed by atoms with Crippen molar-refractivity contribution in [2.45, 2.75) is 12.8 Å². The molecule has 24 heavy (non-hydrogen) atoms. The minimum Gasteiger partial charge on any atom is -0.497 e. The molecule has 0 fully saturated rings. The topological polar surface area (TPSA) is 113 Å². The van der Waals surface area contributed by atoms with Crippen LogP contribution < -0.4 is 4.74 Å². The molecule has 0 saturated heterocycles. The third-order valence-electron chi connectivity index (χ3n) is 4.02. The molecule has 3 rings (SSSR count). The fourth-order valence-corrected chi connectivity index (χ4v) is 2.84. The average Bonchev–Trinajstić information content (AvgIpc) is 2.92. The summed E-state index contributed by atoms with van der Waals surface area (Å²) >= 11 is 0. The van der Waals surface area contributed by atoms with Gasteiger partial charge in [0.2, 0.25) is 0 Å². The van der Waals surface area contributed by atoms with E-state index in [9.17, 15) is 14.7 Å². The zero-order valence-corrected chi connectivity index (χ0v) is 12.9. The molecule has 0 aliphatic carbocycles. The van der Waals surface area contributed by atoms with E-state index in [-0.39, 0.29) is 6.42 Å². The van der Waals surface area contributed by atoms with Crippen LogP contribution in [0.4, 0.5) is 0 Å². The summed E-state index contributed by atoms with van der Waals surface area (Å²) < 4.78 is 5.21. The largest absolute Gasteiger partial charge is 0.497 e. The molecule has 0 aliphatic rings. The van der Waals surface area contributed by atoms with Gasteiger partial charge < -0.3 is 19.9 Å². The Morgan fingerprint density at radius 3 is 2.71 bits per heavy atom. The number of methoxy groups -OCH3 is 1. The molecule has 1 aromatic carbocycles. The fourth-order valence-electron chi connectivity index (χ4n) is 2.84. The SMILES string of the molecule is COc1ccc2c(c1)[nH]c1c(CC(CC(=O)O)C(=O)O)nccc12. The summed E-state index contributed by atoms with van der Waals surface area (Å²) in [6.07, 6.45) is 1.21. The number of pyridine rings is 1. The Morgan fingerprint density at radius 2 is 2.04 bits per heavy atom. The number of carboxylic acid groups (broad SMARTS) is 2. The molecule has 7 nitrogen and oxygen atoms in total. The van der Waals surface area contributed by atoms with Gasteiger partial charge in [-0.2, -0.15) is 0 Å². The van der Waals surface area contributed by atoms with Gasteiger partial charge in [-0.05, 0) is 18.2 Å². The number of nitrogens with zero attached hydrogens (tertiary/aromatic N) is 1. The number of carbonyl (C=O) groups is 2. The van der Waals surface area contributed by atoms with Gasteiger partial charge in [-0.3, -0.25) is 14.6 Å². The van der Waals surface area contributed by atoms with Gasteiger partial charge in [0.05, 0.1) is 36.2 Å². The second-order valence-electron chi connectivity index (χ2n) is 5.55. The highest BCUT2D eigenvalue weighted by Crippen LogP contribution is 2.30. The van der Waals surface area contributed by atoms with Crippen LogP contribution in [-0.2, 0) is 16.0 Å². The summed E-state index contributed by atoms with van der Waals surface area (Å²) in [5.41, 5.74) is 2.11. The van der Waals surface area contributed by atoms with Crippen molar-refractivity contribution in [3.05, 3.63) is 36.2 Å². The van der Waals surface area contributed by atoms with Gasteiger partial charge in [-0.15, -0.1) is 0 Å². The Hall–Kier alpha value is -3.09. The average molecular weight is 328 g/mol. The highest BCUT2D eigenvalue weighted by atomic mass is 16.5. The molecule has 0 amide bonds. The normalized spacial score (nSPS) is 12.4. The Labute approximate surface area is 136 Å². The first-order valence-corrected chi connectivity index (χ1v) is 7.37. The predicted octanol–water partition coefficient (Wildman–Crippen LogP) is 2.44. The zero-order chi connectivity index (χ0) is 17.3. The van der Waals surface area contributed by atoms with Crippen molar-refractivity contribution in [2.75, 3.05) is 7.11 Å². The van der Waals surface area contributed by atoms with Gasteiger partial charge in [0.25, 0.3) is 0 Å². The van der Waals surface area contributed by atoms with Crippen molar-refractivity contribution < 1.29 is 24.5 Å². The molecule has 2 heterocycles. The maximum atomic E-state index is 11.3. The molecule has 2 aromatic heterocycles. The molecule has 3 N–H and O–H groups in total. The summed E-state index contributed by atoms with van der Waals surface area (Å²) in [5, 5.41) is 20.0. The number of rotatable bonds is 6. The maximum Gasteiger partial charge on any atom is 0.307 e. The van der Waals surface area contributed by atoms with E-state index in [0.717, 1.165) is 21.8 Å². The Balaban J connectivity index is 2.07. The lowest BCUT2D eigenvalue weighted by atomic mass is 9.98. The number of ether oxygens (including phenoxy) is 1. The third kappa shape index (κ3) is 2.88. The van der Waals surface area contributed by atoms with Crippen LogP contribution in [0.5, 0.6) is 5.75 Å². The van der Waals surface area contributed by atoms with Crippen LogP contribution in [0.3, 0.4) is 0 Å². The summed E-state index contributed by atoms with van der Waals surface area (Å²) in [4.78, 5) is 29.7. The van der Waals surface area contributed by atoms with E-state index in [4.69, 9.17) is 9.84 Å². The number of carboxylic acids is 2. The second-order valence-corrected chi connectivity index (χ2v) is 5.55. The van der Waals surface area contributed by atoms with E-state index in [0.29, 0.717) is 11.4 Å². The fraction of sp³-hybridized carbons (Fsp3) is 0.235. The molecule has 3 aromatic rings. The molecular formula is C17H16N2O5. The number of fused-ring (bicyclic) bond motifs is 3. The van der Waals surface area contributed by atoms with Crippen LogP contribution >= 0.6 is 0 Å². The van der Waals surface area contributed by atoms with E-state index in [1.54, 1.807) is 13.3 Å². The van der Waals surface area contributed by atoms with E-state index in [2.05, 4.69) is 9.97 Å². The predicted molar refractivity (Wildman–Crippen MR) is 87.2 cm³/mol. The van der Waals surface area contributed by atoms with Crippen molar-refractivity contribution in [3.63, 3.8) is 0 Å². The van der Waals surface area contributed by atoms with Crippen LogP contribution in [0, 0.1) is 5.92 Å². The highest BCUT2D eigenvalue weighted by Gasteiger charge is 2.23. The van der Waals surface area contributed by atoms with Crippen molar-refractivity contribution in [2.24, 2.45) is 5.92 Å². The number of hydrogen-bond acceptors (Lipinski definition) is 4. The minimum atomic E-state index is -1.14. The molecule has 0 saturated carbocycles. The zero-order valence-electron chi connectivity index (χ0n) is 12.9. The highest BCUT2D eigenvalue weighted by molar-refractivity contribution is 6.08. The first-order valence-electron chi connectivity index (χ1n) is 7.37. The summed E-state index contributed by atoms with van der Waals surface area (Å²) in [5.74, 6) is -2.61. The molecule has 1 atom stereocenters. The third-order valence-corrected chi connectivity index (χ3v) is 4.02. The van der Waals surface area contributed by atoms with Crippen LogP contribution in [-0.4, -0.2) is 39.2 Å². The number of aromatic nitrogens is 2. The molecular weight excluding hydrogens is 312 g/mol. The van der Waals surface area contributed by atoms with E-state index >= 15 is 0 Å². The number of benzene rings is 1. The Morgan fingerprint density at radius 1 is 1.25 bits per heavy atom. The van der Waals surface area contributed by atoms with Gasteiger partial charge in [-0.1, -0.05) is 0 Å². The standard InChI is InChI=1S/C17H16N2O5/c1-24-10-2-3-11-12-4-5-18-14(16(12)19-13(11)8-10)6-9(17(22)23)7-15(20)21/h2-5,8-9,19H,6-7H2,1H3,(H,20,21)(H,22,23). The lowest BCUT2D eigenvalue weighted by Crippen LogP contribution is -2.20. The van der Waals surface area contributed by atoms with Gasteiger partial charge in [0, 0.05) is 29.5 Å². The van der Waals surface area contributed by atoms with Crippen LogP contribution in [0.1, 0.15) is 12.1 Å². The first-order chi connectivity index (χ1) is 11.5. The van der Waals surface area contributed by atoms with Crippen LogP contribution in [0.2, 0.25) is 0 Å². The number of nitrogens with one attached hydrogen (secondary N) is 1. The lowest BCUT2D eigenvalue weighted by molar-refractivity contribution is -0.148. The van der Waals surface area contributed by atoms with Gasteiger partial charge >= 0.3 is 11.9 Å². The minimum absolute atomic E-state index is 0.0446. The molecule has 1 unspecified atom stereocenters. The number of H-pyrrole nitrogens is 1. The van der Waals surface area contributed by atoms with Gasteiger partial charge in [0.1, 0.15) is 5.75 Å². The monoisotopic (exact) mass is 328 g/mol. The lowest BCUT2D eigenvalue weighted by Gasteiger charge is -2.09. The van der Waals surface area contributed by atoms with Crippen LogP contribution in [0.25, 0.3) is 21.8 Å². The van der Waals surface area contributed by atoms with Crippen molar-refractivity contribution in [1.82, 2.24) is 9.97 Å². The van der Waals surface area contributed by atoms with E-state index in [1.165, 1.54) is 0 Å². The van der Waals surface area contributed by atoms with Crippen molar-refractivity contribution >= 4 is 33.7 Å². The summed E-state index contributed by atoms with van der Waals surface area (Å²) in [7, 11) is 1.58. The molecule has 124 valence electrons.